The second kappa shape index (κ2) is 20.3. The summed E-state index contributed by atoms with van der Waals surface area (Å²) in [5.74, 6) is -3.64. The Hall–Kier alpha value is -4.49. The molecule has 0 spiro atoms. The normalized spacial score (nSPS) is 19.2. The van der Waals surface area contributed by atoms with Gasteiger partial charge in [0.1, 0.15) is 17.7 Å². The lowest BCUT2D eigenvalue weighted by atomic mass is 9.83. The van der Waals surface area contributed by atoms with Gasteiger partial charge in [-0.2, -0.15) is 0 Å². The van der Waals surface area contributed by atoms with Crippen LogP contribution in [0.4, 0.5) is 4.79 Å². The largest absolute Gasteiger partial charge is 0.444 e. The number of carbonyl (C=O) groups is 7. The minimum Gasteiger partial charge on any atom is -0.444 e. The average Bonchev–Trinajstić information content (AvgIpc) is 3.58. The molecule has 4 N–H and O–H groups in total. The molecule has 1 aliphatic carbocycles. The van der Waals surface area contributed by atoms with E-state index in [1.807, 2.05) is 26.8 Å². The number of carbonyl (C=O) groups excluding carboxylic acids is 7. The zero-order valence-electron chi connectivity index (χ0n) is 33.4. The molecule has 1 aromatic rings. The van der Waals surface area contributed by atoms with Gasteiger partial charge in [0.2, 0.25) is 29.4 Å². The Labute approximate surface area is 320 Å². The molecule has 2 fully saturated rings. The average molecular weight is 755 g/mol. The molecule has 0 radical (unpaired) electrons. The van der Waals surface area contributed by atoms with Gasteiger partial charge in [0.05, 0.1) is 25.0 Å². The number of hydrogen-bond acceptors (Lipinski definition) is 8. The van der Waals surface area contributed by atoms with Crippen LogP contribution in [0, 0.1) is 17.8 Å². The van der Waals surface area contributed by atoms with Crippen LogP contribution in [0.5, 0.6) is 0 Å². The van der Waals surface area contributed by atoms with Crippen molar-refractivity contribution in [3.05, 3.63) is 35.9 Å². The van der Waals surface area contributed by atoms with Crippen molar-refractivity contribution in [2.24, 2.45) is 17.8 Å². The van der Waals surface area contributed by atoms with Crippen molar-refractivity contribution in [2.75, 3.05) is 27.2 Å². The van der Waals surface area contributed by atoms with Gasteiger partial charge in [-0.1, -0.05) is 76.8 Å². The van der Waals surface area contributed by atoms with Crippen LogP contribution < -0.4 is 21.3 Å². The molecule has 1 heterocycles. The lowest BCUT2D eigenvalue weighted by Gasteiger charge is -2.35. The van der Waals surface area contributed by atoms with Crippen LogP contribution in [0.3, 0.4) is 0 Å². The van der Waals surface area contributed by atoms with Crippen LogP contribution in [0.1, 0.15) is 111 Å². The lowest BCUT2D eigenvalue weighted by molar-refractivity contribution is -0.143. The van der Waals surface area contributed by atoms with Crippen molar-refractivity contribution in [2.45, 2.75) is 129 Å². The number of amides is 6. The molecule has 1 saturated heterocycles. The number of ether oxygens (including phenoxy) is 1. The van der Waals surface area contributed by atoms with Crippen molar-refractivity contribution < 1.29 is 38.3 Å². The Balaban J connectivity index is 1.73. The fraction of sp³-hybridized carbons (Fsp3) is 0.675. The number of likely N-dealkylation sites (tertiary alicyclic amines) is 1. The Bertz CT molecular complexity index is 1470. The zero-order valence-corrected chi connectivity index (χ0v) is 33.4. The summed E-state index contributed by atoms with van der Waals surface area (Å²) < 4.78 is 5.52. The molecule has 0 aromatic heterocycles. The summed E-state index contributed by atoms with van der Waals surface area (Å²) in [7, 11) is 3.24. The summed E-state index contributed by atoms with van der Waals surface area (Å²) >= 11 is 0. The van der Waals surface area contributed by atoms with Crippen LogP contribution in [-0.2, 0) is 33.5 Å². The Morgan fingerprint density at radius 1 is 0.907 bits per heavy atom. The Kier molecular flexibility index (Phi) is 16.5. The maximum absolute atomic E-state index is 14.4. The lowest BCUT2D eigenvalue weighted by Crippen LogP contribution is -2.58. The highest BCUT2D eigenvalue weighted by Gasteiger charge is 2.45. The number of alkyl carbamates (subject to hydrolysis) is 1. The maximum atomic E-state index is 14.4. The van der Waals surface area contributed by atoms with Crippen LogP contribution >= 0.6 is 0 Å². The van der Waals surface area contributed by atoms with Crippen LogP contribution in [-0.4, -0.2) is 102 Å². The van der Waals surface area contributed by atoms with E-state index in [0.29, 0.717) is 24.9 Å². The molecule has 14 heteroatoms. The summed E-state index contributed by atoms with van der Waals surface area (Å²) in [5, 5.41) is 10.7. The van der Waals surface area contributed by atoms with Crippen molar-refractivity contribution in [3.63, 3.8) is 0 Å². The van der Waals surface area contributed by atoms with Gasteiger partial charge in [0, 0.05) is 20.6 Å². The third-order valence-corrected chi connectivity index (χ3v) is 10.2. The molecular weight excluding hydrogens is 692 g/mol. The second-order valence-corrected chi connectivity index (χ2v) is 16.2. The summed E-state index contributed by atoms with van der Waals surface area (Å²) in [4.78, 5) is 96.2. The second-order valence-electron chi connectivity index (χ2n) is 16.2. The topological polar surface area (TPSA) is 183 Å². The van der Waals surface area contributed by atoms with Crippen LogP contribution in [0.25, 0.3) is 0 Å². The van der Waals surface area contributed by atoms with E-state index in [4.69, 9.17) is 4.74 Å². The maximum Gasteiger partial charge on any atom is 0.408 e. The number of rotatable bonds is 16. The highest BCUT2D eigenvalue weighted by molar-refractivity contribution is 6.38. The first-order valence-corrected chi connectivity index (χ1v) is 19.4. The van der Waals surface area contributed by atoms with Crippen molar-refractivity contribution in [1.29, 1.82) is 0 Å². The smallest absolute Gasteiger partial charge is 0.408 e. The first kappa shape index (κ1) is 43.9. The molecule has 1 aliphatic heterocycles. The van der Waals surface area contributed by atoms with E-state index in [9.17, 15) is 33.6 Å². The van der Waals surface area contributed by atoms with Gasteiger partial charge in [-0.3, -0.25) is 28.8 Å². The third kappa shape index (κ3) is 13.1. The van der Waals surface area contributed by atoms with Gasteiger partial charge in [-0.25, -0.2) is 4.79 Å². The summed E-state index contributed by atoms with van der Waals surface area (Å²) in [6.45, 7) is 10.9. The Morgan fingerprint density at radius 3 is 2.13 bits per heavy atom. The molecular formula is C40H62N6O8. The molecule has 54 heavy (non-hydrogen) atoms. The highest BCUT2D eigenvalue weighted by atomic mass is 16.6. The quantitative estimate of drug-likeness (QED) is 0.185. The molecule has 5 atom stereocenters. The molecule has 3 rings (SSSR count). The molecule has 0 bridgehead atoms. The molecule has 3 unspecified atom stereocenters. The fourth-order valence-electron chi connectivity index (χ4n) is 7.08. The number of nitrogens with zero attached hydrogens (tertiary/aromatic N) is 2. The SMILES string of the molecule is CCCC(NC(=O)C1C[C@@H](C(C)C)CN1C(=O)[C@@H](NC(=O)OC(C)(C)C)C1CCCCC1)C(=O)C(=O)NCC(=O)NC(CC(=O)N(C)C)c1ccccc1. The first-order valence-electron chi connectivity index (χ1n) is 19.4. The van der Waals surface area contributed by atoms with E-state index in [-0.39, 0.29) is 42.4 Å². The van der Waals surface area contributed by atoms with E-state index >= 15 is 0 Å². The van der Waals surface area contributed by atoms with Gasteiger partial charge in [-0.05, 0) is 69.8 Å². The number of benzene rings is 1. The molecule has 6 amide bonds. The predicted octanol–water partition coefficient (Wildman–Crippen LogP) is 3.64. The third-order valence-electron chi connectivity index (χ3n) is 10.2. The summed E-state index contributed by atoms with van der Waals surface area (Å²) in [6.07, 6.45) is 4.70. The van der Waals surface area contributed by atoms with Crippen molar-refractivity contribution in [1.82, 2.24) is 31.1 Å². The number of ketones is 1. The molecule has 14 nitrogen and oxygen atoms in total. The van der Waals surface area contributed by atoms with Gasteiger partial charge in [0.15, 0.2) is 0 Å². The van der Waals surface area contributed by atoms with Crippen LogP contribution in [0.15, 0.2) is 30.3 Å². The van der Waals surface area contributed by atoms with Gasteiger partial charge < -0.3 is 35.8 Å². The van der Waals surface area contributed by atoms with Gasteiger partial charge >= 0.3 is 6.09 Å². The van der Waals surface area contributed by atoms with Gasteiger partial charge in [-0.15, -0.1) is 0 Å². The van der Waals surface area contributed by atoms with E-state index < -0.39 is 65.9 Å². The first-order chi connectivity index (χ1) is 25.4. The molecule has 1 aromatic carbocycles. The van der Waals surface area contributed by atoms with Crippen LogP contribution in [0.2, 0.25) is 0 Å². The minimum absolute atomic E-state index is 0.00292. The van der Waals surface area contributed by atoms with Crippen molar-refractivity contribution in [3.8, 4) is 0 Å². The fourth-order valence-corrected chi connectivity index (χ4v) is 7.08. The van der Waals surface area contributed by atoms with E-state index in [0.717, 1.165) is 32.1 Å². The Morgan fingerprint density at radius 2 is 1.56 bits per heavy atom. The monoisotopic (exact) mass is 754 g/mol. The van der Waals surface area contributed by atoms with E-state index in [1.54, 1.807) is 59.1 Å². The number of hydrogen-bond donors (Lipinski definition) is 4. The summed E-state index contributed by atoms with van der Waals surface area (Å²) in [5.41, 5.74) is -0.0595. The zero-order chi connectivity index (χ0) is 40.2. The molecule has 2 aliphatic rings. The highest BCUT2D eigenvalue weighted by Crippen LogP contribution is 2.33. The van der Waals surface area contributed by atoms with Crippen molar-refractivity contribution >= 4 is 41.4 Å². The standard InChI is InChI=1S/C40H62N6O8/c1-9-16-29(35(49)37(51)41-23-32(47)42-30(22-33(48)45(7)8)26-17-12-10-13-18-26)43-36(50)31-21-28(25(2)3)24-46(31)38(52)34(27-19-14-11-15-20-27)44-39(53)54-40(4,5)6/h10,12-13,17-18,25,27-31,34H,9,11,14-16,19-24H2,1-8H3,(H,41,51)(H,42,47)(H,43,50)(H,44,53)/t28-,29?,30?,31?,34+/m1/s1. The number of Topliss-reactive ketones (excluding diaryl/α,β-unsaturated/α-hetero) is 1. The predicted molar refractivity (Wildman–Crippen MR) is 204 cm³/mol. The minimum atomic E-state index is -1.19. The van der Waals surface area contributed by atoms with E-state index in [2.05, 4.69) is 21.3 Å². The molecule has 1 saturated carbocycles. The van der Waals surface area contributed by atoms with E-state index in [1.165, 1.54) is 9.80 Å². The summed E-state index contributed by atoms with van der Waals surface area (Å²) in [6, 6.07) is 5.31. The van der Waals surface area contributed by atoms with Gasteiger partial charge in [0.25, 0.3) is 5.91 Å². The molecule has 300 valence electrons. The number of nitrogens with one attached hydrogen (secondary N) is 4.